The van der Waals surface area contributed by atoms with Gasteiger partial charge < -0.3 is 4.74 Å². The van der Waals surface area contributed by atoms with Crippen LogP contribution in [0.3, 0.4) is 0 Å². The molecule has 0 fully saturated rings. The first-order chi connectivity index (χ1) is 7.26. The molecule has 0 aromatic rings. The van der Waals surface area contributed by atoms with Crippen molar-refractivity contribution >= 4 is 22.4 Å². The molecule has 0 aromatic heterocycles. The quantitative estimate of drug-likeness (QED) is 0.286. The van der Waals surface area contributed by atoms with Crippen LogP contribution in [0.25, 0.3) is 0 Å². The first-order valence-corrected chi connectivity index (χ1v) is 6.25. The molecule has 0 spiro atoms. The van der Waals surface area contributed by atoms with Crippen molar-refractivity contribution in [2.75, 3.05) is 6.26 Å². The molecule has 0 aromatic carbocycles. The third kappa shape index (κ3) is 7.13. The fourth-order valence-electron chi connectivity index (χ4n) is 0.969. The zero-order chi connectivity index (χ0) is 12.8. The molecule has 0 aliphatic heterocycles. The van der Waals surface area contributed by atoms with Crippen LogP contribution in [-0.2, 0) is 28.6 Å². The Morgan fingerprint density at radius 1 is 1.38 bits per heavy atom. The van der Waals surface area contributed by atoms with E-state index in [0.29, 0.717) is 6.29 Å². The van der Waals surface area contributed by atoms with Crippen LogP contribution in [0.5, 0.6) is 0 Å². The van der Waals surface area contributed by atoms with Crippen LogP contribution in [0.15, 0.2) is 12.2 Å². The summed E-state index contributed by atoms with van der Waals surface area (Å²) in [5.74, 6) is -0.593. The number of rotatable bonds is 6. The van der Waals surface area contributed by atoms with Gasteiger partial charge in [-0.2, -0.15) is 8.42 Å². The number of esters is 1. The summed E-state index contributed by atoms with van der Waals surface area (Å²) < 4.78 is 31.1. The summed E-state index contributed by atoms with van der Waals surface area (Å²) in [6, 6.07) is 0. The minimum absolute atomic E-state index is 0.490. The lowest BCUT2D eigenvalue weighted by atomic mass is 10.2. The Kier molecular flexibility index (Phi) is 5.91. The molecule has 0 saturated carbocycles. The Bertz CT molecular complexity index is 369. The zero-order valence-corrected chi connectivity index (χ0v) is 10.1. The van der Waals surface area contributed by atoms with E-state index in [1.807, 2.05) is 0 Å². The lowest BCUT2D eigenvalue weighted by molar-refractivity contribution is -0.147. The largest absolute Gasteiger partial charge is 0.455 e. The van der Waals surface area contributed by atoms with E-state index in [1.165, 1.54) is 19.9 Å². The van der Waals surface area contributed by atoms with Gasteiger partial charge in [0.2, 0.25) is 0 Å². The van der Waals surface area contributed by atoms with Crippen molar-refractivity contribution in [3.63, 3.8) is 0 Å². The summed E-state index contributed by atoms with van der Waals surface area (Å²) >= 11 is 0. The fourth-order valence-corrected chi connectivity index (χ4v) is 1.63. The van der Waals surface area contributed by atoms with Gasteiger partial charge in [-0.3, -0.25) is 13.8 Å². The maximum atomic E-state index is 10.8. The standard InChI is InChI=1S/C9H14O6S/c1-7(15-16(3,12)13)9(5-4-6-10)14-8(2)11/h4-7,9H,1-3H3/b5-4+/t7-,9+/m0/s1. The molecule has 92 valence electrons. The van der Waals surface area contributed by atoms with E-state index in [-0.39, 0.29) is 0 Å². The summed E-state index contributed by atoms with van der Waals surface area (Å²) in [7, 11) is -3.64. The van der Waals surface area contributed by atoms with E-state index >= 15 is 0 Å². The molecule has 2 atom stereocenters. The molecule has 0 N–H and O–H groups in total. The van der Waals surface area contributed by atoms with Gasteiger partial charge in [-0.05, 0) is 19.1 Å². The van der Waals surface area contributed by atoms with Crippen LogP contribution in [0, 0.1) is 0 Å². The Labute approximate surface area is 94.4 Å². The Morgan fingerprint density at radius 2 is 1.94 bits per heavy atom. The van der Waals surface area contributed by atoms with Gasteiger partial charge in [0, 0.05) is 6.92 Å². The van der Waals surface area contributed by atoms with Gasteiger partial charge in [0.1, 0.15) is 18.5 Å². The monoisotopic (exact) mass is 250 g/mol. The highest BCUT2D eigenvalue weighted by Gasteiger charge is 2.21. The lowest BCUT2D eigenvalue weighted by Gasteiger charge is -2.19. The van der Waals surface area contributed by atoms with Crippen molar-refractivity contribution in [2.45, 2.75) is 26.1 Å². The molecular formula is C9H14O6S. The van der Waals surface area contributed by atoms with Crippen molar-refractivity contribution in [3.8, 4) is 0 Å². The molecule has 0 aliphatic rings. The Morgan fingerprint density at radius 3 is 2.31 bits per heavy atom. The van der Waals surface area contributed by atoms with E-state index in [9.17, 15) is 18.0 Å². The molecule has 0 unspecified atom stereocenters. The van der Waals surface area contributed by atoms with Crippen LogP contribution >= 0.6 is 0 Å². The fraction of sp³-hybridized carbons (Fsp3) is 0.556. The topological polar surface area (TPSA) is 86.7 Å². The van der Waals surface area contributed by atoms with Crippen molar-refractivity contribution in [3.05, 3.63) is 12.2 Å². The van der Waals surface area contributed by atoms with Gasteiger partial charge in [0.05, 0.1) is 6.26 Å². The van der Waals surface area contributed by atoms with Crippen molar-refractivity contribution in [1.82, 2.24) is 0 Å². The van der Waals surface area contributed by atoms with E-state index in [1.54, 1.807) is 0 Å². The number of aldehydes is 1. The maximum absolute atomic E-state index is 10.8. The maximum Gasteiger partial charge on any atom is 0.303 e. The normalized spacial score (nSPS) is 15.7. The van der Waals surface area contributed by atoms with Crippen LogP contribution in [0.1, 0.15) is 13.8 Å². The van der Waals surface area contributed by atoms with E-state index in [2.05, 4.69) is 4.18 Å². The molecule has 7 heteroatoms. The van der Waals surface area contributed by atoms with Gasteiger partial charge >= 0.3 is 5.97 Å². The predicted molar refractivity (Wildman–Crippen MR) is 56.1 cm³/mol. The first-order valence-electron chi connectivity index (χ1n) is 4.43. The average Bonchev–Trinajstić information content (AvgIpc) is 2.08. The third-order valence-electron chi connectivity index (χ3n) is 1.47. The number of allylic oxidation sites excluding steroid dienone is 1. The van der Waals surface area contributed by atoms with Crippen molar-refractivity contribution in [2.24, 2.45) is 0 Å². The second-order valence-corrected chi connectivity index (χ2v) is 4.70. The van der Waals surface area contributed by atoms with Gasteiger partial charge in [-0.25, -0.2) is 0 Å². The number of carbonyl (C=O) groups is 2. The Balaban J connectivity index is 4.67. The smallest absolute Gasteiger partial charge is 0.303 e. The van der Waals surface area contributed by atoms with E-state index in [4.69, 9.17) is 4.74 Å². The van der Waals surface area contributed by atoms with E-state index < -0.39 is 28.3 Å². The Hall–Kier alpha value is -1.21. The van der Waals surface area contributed by atoms with Crippen LogP contribution in [-0.4, -0.2) is 39.1 Å². The van der Waals surface area contributed by atoms with E-state index in [0.717, 1.165) is 12.3 Å². The lowest BCUT2D eigenvalue weighted by Crippen LogP contribution is -2.30. The number of hydrogen-bond donors (Lipinski definition) is 0. The van der Waals surface area contributed by atoms with Gasteiger partial charge in [0.15, 0.2) is 0 Å². The van der Waals surface area contributed by atoms with Gasteiger partial charge in [0.25, 0.3) is 10.1 Å². The summed E-state index contributed by atoms with van der Waals surface area (Å²) in [4.78, 5) is 20.9. The average molecular weight is 250 g/mol. The predicted octanol–water partition coefficient (Wildman–Crippen LogP) is 0.0379. The second-order valence-electron chi connectivity index (χ2n) is 3.10. The van der Waals surface area contributed by atoms with Crippen LogP contribution < -0.4 is 0 Å². The van der Waals surface area contributed by atoms with Gasteiger partial charge in [-0.15, -0.1) is 0 Å². The summed E-state index contributed by atoms with van der Waals surface area (Å²) in [5, 5.41) is 0. The van der Waals surface area contributed by atoms with Crippen LogP contribution in [0.2, 0.25) is 0 Å². The summed E-state index contributed by atoms with van der Waals surface area (Å²) in [6.07, 6.45) is 1.93. The SMILES string of the molecule is CC(=O)O[C@H](/C=C/C=O)[C@H](C)OS(C)(=O)=O. The molecule has 0 bridgehead atoms. The molecule has 0 radical (unpaired) electrons. The number of carbonyl (C=O) groups excluding carboxylic acids is 2. The number of ether oxygens (including phenoxy) is 1. The first kappa shape index (κ1) is 14.8. The molecule has 16 heavy (non-hydrogen) atoms. The molecule has 0 saturated heterocycles. The molecule has 6 nitrogen and oxygen atoms in total. The second kappa shape index (κ2) is 6.39. The number of hydrogen-bond acceptors (Lipinski definition) is 6. The van der Waals surface area contributed by atoms with Gasteiger partial charge in [-0.1, -0.05) is 0 Å². The minimum atomic E-state index is -3.64. The highest BCUT2D eigenvalue weighted by atomic mass is 32.2. The summed E-state index contributed by atoms with van der Waals surface area (Å²) in [5.41, 5.74) is 0. The third-order valence-corrected chi connectivity index (χ3v) is 2.12. The molecule has 0 rings (SSSR count). The molecule has 0 aliphatic carbocycles. The minimum Gasteiger partial charge on any atom is -0.455 e. The van der Waals surface area contributed by atoms with Crippen LogP contribution in [0.4, 0.5) is 0 Å². The molecular weight excluding hydrogens is 236 g/mol. The molecule has 0 heterocycles. The highest BCUT2D eigenvalue weighted by molar-refractivity contribution is 7.86. The van der Waals surface area contributed by atoms with Crippen molar-refractivity contribution < 1.29 is 26.9 Å². The zero-order valence-electron chi connectivity index (χ0n) is 9.24. The molecule has 0 amide bonds. The summed E-state index contributed by atoms with van der Waals surface area (Å²) in [6.45, 7) is 2.60. The highest BCUT2D eigenvalue weighted by Crippen LogP contribution is 2.08. The van der Waals surface area contributed by atoms with Crippen molar-refractivity contribution in [1.29, 1.82) is 0 Å².